The first kappa shape index (κ1) is 20.3. The molecule has 1 fully saturated rings. The van der Waals surface area contributed by atoms with Crippen LogP contribution in [0.5, 0.6) is 0 Å². The average Bonchev–Trinajstić information content (AvgIpc) is 2.98. The van der Waals surface area contributed by atoms with Gasteiger partial charge in [-0.05, 0) is 61.1 Å². The minimum Gasteiger partial charge on any atom is -0.309 e. The summed E-state index contributed by atoms with van der Waals surface area (Å²) < 4.78 is 27.7. The summed E-state index contributed by atoms with van der Waals surface area (Å²) in [6, 6.07) is 8.24. The molecule has 1 aliphatic heterocycles. The number of halogens is 2. The number of carbonyl (C=O) groups excluding carboxylic acids is 2. The fourth-order valence-electron chi connectivity index (χ4n) is 4.20. The summed E-state index contributed by atoms with van der Waals surface area (Å²) in [5.41, 5.74) is 3.24. The van der Waals surface area contributed by atoms with E-state index in [4.69, 9.17) is 5.21 Å². The molecule has 1 atom stereocenters. The summed E-state index contributed by atoms with van der Waals surface area (Å²) in [5, 5.41) is 8.77. The monoisotopic (exact) mass is 406 g/mol. The molecule has 2 aliphatic rings. The van der Waals surface area contributed by atoms with Crippen LogP contribution in [0.15, 0.2) is 36.4 Å². The maximum atomic E-state index is 14.1. The molecule has 1 heterocycles. The van der Waals surface area contributed by atoms with E-state index in [1.54, 1.807) is 23.7 Å². The summed E-state index contributed by atoms with van der Waals surface area (Å²) >= 11 is 0. The van der Waals surface area contributed by atoms with E-state index in [2.05, 4.69) is 0 Å². The molecule has 0 aromatic heterocycles. The lowest BCUT2D eigenvalue weighted by Crippen LogP contribution is -2.39. The predicted octanol–water partition coefficient (Wildman–Crippen LogP) is 3.11. The number of hydrogen-bond donors (Lipinski definition) is 2. The highest BCUT2D eigenvalue weighted by atomic mass is 32.1. The van der Waals surface area contributed by atoms with Crippen molar-refractivity contribution < 1.29 is 23.6 Å². The van der Waals surface area contributed by atoms with Crippen LogP contribution in [-0.2, 0) is 17.6 Å². The van der Waals surface area contributed by atoms with Gasteiger partial charge in [0.1, 0.15) is 11.6 Å². The Morgan fingerprint density at radius 3 is 2.64 bits per heavy atom. The van der Waals surface area contributed by atoms with E-state index in [9.17, 15) is 18.4 Å². The number of anilines is 1. The van der Waals surface area contributed by atoms with Crippen LogP contribution in [0.1, 0.15) is 34.3 Å². The maximum Gasteiger partial charge on any atom is 0.274 e. The van der Waals surface area contributed by atoms with Crippen LogP contribution in [0, 0.1) is 17.0 Å². The van der Waals surface area contributed by atoms with Gasteiger partial charge < -0.3 is 4.90 Å². The highest BCUT2D eigenvalue weighted by molar-refractivity contribution is 7.59. The van der Waals surface area contributed by atoms with Gasteiger partial charge in [-0.15, -0.1) is 0 Å². The zero-order valence-electron chi connectivity index (χ0n) is 15.0. The molecule has 2 N–H and O–H groups in total. The smallest absolute Gasteiger partial charge is 0.274 e. The number of rotatable bonds is 2. The molecule has 0 bridgehead atoms. The van der Waals surface area contributed by atoms with E-state index in [1.165, 1.54) is 4.90 Å². The molecule has 0 radical (unpaired) electrons. The first-order valence-corrected chi connectivity index (χ1v) is 8.77. The third-order valence-corrected chi connectivity index (χ3v) is 5.68. The van der Waals surface area contributed by atoms with Gasteiger partial charge in [-0.3, -0.25) is 14.8 Å². The lowest BCUT2D eigenvalue weighted by Gasteiger charge is -2.33. The second-order valence-electron chi connectivity index (χ2n) is 7.18. The molecule has 0 unspecified atom stereocenters. The van der Waals surface area contributed by atoms with Gasteiger partial charge in [-0.2, -0.15) is 13.5 Å². The maximum absolute atomic E-state index is 14.1. The molecule has 0 saturated carbocycles. The van der Waals surface area contributed by atoms with E-state index < -0.39 is 23.0 Å². The van der Waals surface area contributed by atoms with Crippen LogP contribution in [0.3, 0.4) is 0 Å². The van der Waals surface area contributed by atoms with Gasteiger partial charge in [0, 0.05) is 18.2 Å². The van der Waals surface area contributed by atoms with Crippen molar-refractivity contribution in [3.05, 3.63) is 64.7 Å². The predicted molar refractivity (Wildman–Crippen MR) is 104 cm³/mol. The van der Waals surface area contributed by atoms with Crippen molar-refractivity contribution in [3.63, 3.8) is 0 Å². The minimum absolute atomic E-state index is 0. The molecule has 1 aliphatic carbocycles. The quantitative estimate of drug-likeness (QED) is 0.595. The Hall–Kier alpha value is -2.45. The van der Waals surface area contributed by atoms with Gasteiger partial charge in [-0.25, -0.2) is 14.3 Å². The molecule has 28 heavy (non-hydrogen) atoms. The third-order valence-electron chi connectivity index (χ3n) is 5.68. The minimum atomic E-state index is -0.632. The van der Waals surface area contributed by atoms with Gasteiger partial charge in [0.15, 0.2) is 0 Å². The van der Waals surface area contributed by atoms with Gasteiger partial charge in [-0.1, -0.05) is 6.07 Å². The highest BCUT2D eigenvalue weighted by Crippen LogP contribution is 2.45. The Labute approximate surface area is 167 Å². The number of amides is 2. The van der Waals surface area contributed by atoms with Crippen molar-refractivity contribution in [1.29, 1.82) is 0 Å². The zero-order valence-corrected chi connectivity index (χ0v) is 16.0. The number of hydroxylamine groups is 1. The summed E-state index contributed by atoms with van der Waals surface area (Å²) in [6.45, 7) is 0.347. The molecule has 1 spiro atoms. The first-order chi connectivity index (χ1) is 12.9. The molecule has 2 aromatic carbocycles. The Kier molecular flexibility index (Phi) is 5.45. The second kappa shape index (κ2) is 7.52. The third kappa shape index (κ3) is 3.27. The van der Waals surface area contributed by atoms with Crippen molar-refractivity contribution in [2.24, 2.45) is 5.41 Å². The topological polar surface area (TPSA) is 69.6 Å². The molecular weight excluding hydrogens is 386 g/mol. The van der Waals surface area contributed by atoms with Crippen molar-refractivity contribution in [3.8, 4) is 0 Å². The van der Waals surface area contributed by atoms with Crippen molar-refractivity contribution in [1.82, 2.24) is 5.48 Å². The standard InChI is InChI=1S/C20H18F2N2O3.H2S/c21-15-3-4-16(22)17(10-15)24-8-7-20(19(24)26)6-5-12-9-13(18(25)23-27)1-2-14(12)11-20;/h1-4,9-10,27H,5-8,11H2,(H,23,25);1H2/t20-;/m1./s1. The Morgan fingerprint density at radius 2 is 1.89 bits per heavy atom. The van der Waals surface area contributed by atoms with Crippen LogP contribution >= 0.6 is 13.5 Å². The lowest BCUT2D eigenvalue weighted by atomic mass is 9.70. The number of aryl methyl sites for hydroxylation is 1. The summed E-state index contributed by atoms with van der Waals surface area (Å²) in [7, 11) is 0. The molecule has 8 heteroatoms. The molecule has 4 rings (SSSR count). The van der Waals surface area contributed by atoms with Crippen LogP contribution < -0.4 is 10.4 Å². The Morgan fingerprint density at radius 1 is 1.11 bits per heavy atom. The van der Waals surface area contributed by atoms with Gasteiger partial charge in [0.05, 0.1) is 11.1 Å². The summed E-state index contributed by atoms with van der Waals surface area (Å²) in [6.07, 6.45) is 2.25. The van der Waals surface area contributed by atoms with Crippen LogP contribution in [0.4, 0.5) is 14.5 Å². The zero-order chi connectivity index (χ0) is 19.2. The number of nitrogens with zero attached hydrogens (tertiary/aromatic N) is 1. The normalized spacial score (nSPS) is 20.7. The largest absolute Gasteiger partial charge is 0.309 e. The number of hydrogen-bond acceptors (Lipinski definition) is 3. The van der Waals surface area contributed by atoms with Crippen LogP contribution in [0.2, 0.25) is 0 Å². The Balaban J connectivity index is 0.00000225. The molecule has 2 aromatic rings. The number of nitrogens with one attached hydrogen (secondary N) is 1. The van der Waals surface area contributed by atoms with Gasteiger partial charge in [0.2, 0.25) is 5.91 Å². The van der Waals surface area contributed by atoms with E-state index >= 15 is 0 Å². The highest BCUT2D eigenvalue weighted by Gasteiger charge is 2.49. The van der Waals surface area contributed by atoms with Crippen LogP contribution in [0.25, 0.3) is 0 Å². The Bertz CT molecular complexity index is 953. The molecule has 5 nitrogen and oxygen atoms in total. The SMILES string of the molecule is O=C(NO)c1ccc2c(c1)CC[C@@]1(CCN(c3cc(F)ccc3F)C1=O)C2.S. The average molecular weight is 406 g/mol. The molecule has 2 amide bonds. The number of carbonyl (C=O) groups is 2. The van der Waals surface area contributed by atoms with E-state index in [0.29, 0.717) is 37.8 Å². The van der Waals surface area contributed by atoms with E-state index in [1.807, 2.05) is 0 Å². The summed E-state index contributed by atoms with van der Waals surface area (Å²) in [4.78, 5) is 26.0. The molecule has 148 valence electrons. The van der Waals surface area contributed by atoms with Crippen LogP contribution in [-0.4, -0.2) is 23.6 Å². The second-order valence-corrected chi connectivity index (χ2v) is 7.18. The van der Waals surface area contributed by atoms with E-state index in [-0.39, 0.29) is 25.1 Å². The van der Waals surface area contributed by atoms with Gasteiger partial charge in [0.25, 0.3) is 5.91 Å². The number of benzene rings is 2. The van der Waals surface area contributed by atoms with E-state index in [0.717, 1.165) is 29.3 Å². The fourth-order valence-corrected chi connectivity index (χ4v) is 4.20. The van der Waals surface area contributed by atoms with Crippen molar-refractivity contribution in [2.45, 2.75) is 25.7 Å². The first-order valence-electron chi connectivity index (χ1n) is 8.77. The summed E-state index contributed by atoms with van der Waals surface area (Å²) in [5.74, 6) is -1.96. The van der Waals surface area contributed by atoms with Crippen molar-refractivity contribution >= 4 is 31.0 Å². The number of fused-ring (bicyclic) bond motifs is 1. The lowest BCUT2D eigenvalue weighted by molar-refractivity contribution is -0.126. The fraction of sp³-hybridized carbons (Fsp3) is 0.300. The molecule has 1 saturated heterocycles. The molecular formula is C20H20F2N2O3S. The van der Waals surface area contributed by atoms with Crippen molar-refractivity contribution in [2.75, 3.05) is 11.4 Å². The van der Waals surface area contributed by atoms with Gasteiger partial charge >= 0.3 is 0 Å².